The monoisotopic (exact) mass is 638 g/mol. The first kappa shape index (κ1) is 39.7. The smallest absolute Gasteiger partial charge is 0.413 e. The second-order valence-electron chi connectivity index (χ2n) is 14.7. The molecule has 3 saturated heterocycles. The summed E-state index contributed by atoms with van der Waals surface area (Å²) in [6.07, 6.45) is 1.62. The van der Waals surface area contributed by atoms with Crippen molar-refractivity contribution in [3.8, 4) is 0 Å². The van der Waals surface area contributed by atoms with Gasteiger partial charge in [0, 0.05) is 90.1 Å². The highest BCUT2D eigenvalue weighted by molar-refractivity contribution is 5.83. The van der Waals surface area contributed by atoms with Crippen molar-refractivity contribution in [1.82, 2.24) is 14.7 Å². The van der Waals surface area contributed by atoms with Crippen molar-refractivity contribution in [3.05, 3.63) is 6.92 Å². The molecule has 0 aromatic heterocycles. The van der Waals surface area contributed by atoms with Gasteiger partial charge in [-0.3, -0.25) is 14.4 Å². The lowest BCUT2D eigenvalue weighted by molar-refractivity contribution is -0.123. The van der Waals surface area contributed by atoms with E-state index in [0.29, 0.717) is 58.2 Å². The number of Topliss-reactive ketones (excluding diaryl/α,β-unsaturated/α-hetero) is 3. The first-order valence-corrected chi connectivity index (χ1v) is 15.8. The summed E-state index contributed by atoms with van der Waals surface area (Å²) in [6, 6.07) is -0.150. The Morgan fingerprint density at radius 3 is 1.00 bits per heavy atom. The van der Waals surface area contributed by atoms with Gasteiger partial charge in [-0.05, 0) is 62.3 Å². The third-order valence-corrected chi connectivity index (χ3v) is 6.91. The maximum absolute atomic E-state index is 11.7. The summed E-state index contributed by atoms with van der Waals surface area (Å²) in [5.41, 5.74) is -1.67. The van der Waals surface area contributed by atoms with Crippen molar-refractivity contribution in [2.45, 2.75) is 150 Å². The Bertz CT molecular complexity index is 936. The van der Waals surface area contributed by atoms with E-state index in [1.54, 1.807) is 28.5 Å². The van der Waals surface area contributed by atoms with Crippen molar-refractivity contribution in [2.75, 3.05) is 19.6 Å². The van der Waals surface area contributed by atoms with E-state index in [1.165, 1.54) is 0 Å². The summed E-state index contributed by atoms with van der Waals surface area (Å²) in [5, 5.41) is 0. The van der Waals surface area contributed by atoms with E-state index in [2.05, 4.69) is 6.92 Å². The van der Waals surface area contributed by atoms with Gasteiger partial charge in [-0.25, -0.2) is 14.4 Å². The Hall–Kier alpha value is -3.31. The summed E-state index contributed by atoms with van der Waals surface area (Å²) in [6.45, 7) is 25.2. The minimum absolute atomic E-state index is 0.0406. The topological polar surface area (TPSA) is 140 Å². The lowest BCUT2D eigenvalue weighted by Crippen LogP contribution is -2.47. The molecule has 3 atom stereocenters. The second kappa shape index (κ2) is 16.3. The summed E-state index contributed by atoms with van der Waals surface area (Å²) in [4.78, 5) is 73.4. The van der Waals surface area contributed by atoms with Crippen LogP contribution in [-0.2, 0) is 28.6 Å². The van der Waals surface area contributed by atoms with E-state index in [1.807, 2.05) is 62.3 Å². The molecule has 0 aromatic rings. The van der Waals surface area contributed by atoms with Gasteiger partial charge in [-0.1, -0.05) is 0 Å². The van der Waals surface area contributed by atoms with Crippen LogP contribution in [0.4, 0.5) is 14.4 Å². The molecule has 256 valence electrons. The number of piperidine rings is 3. The van der Waals surface area contributed by atoms with E-state index in [-0.39, 0.29) is 53.8 Å². The molecule has 1 unspecified atom stereocenters. The molecule has 3 aliphatic heterocycles. The van der Waals surface area contributed by atoms with Crippen LogP contribution in [0.15, 0.2) is 0 Å². The maximum atomic E-state index is 11.7. The third kappa shape index (κ3) is 15.5. The van der Waals surface area contributed by atoms with Gasteiger partial charge in [0.05, 0.1) is 0 Å². The van der Waals surface area contributed by atoms with Crippen LogP contribution in [0.5, 0.6) is 0 Å². The highest BCUT2D eigenvalue weighted by atomic mass is 16.6. The van der Waals surface area contributed by atoms with E-state index in [0.717, 1.165) is 0 Å². The Labute approximate surface area is 269 Å². The van der Waals surface area contributed by atoms with Gasteiger partial charge in [-0.2, -0.15) is 0 Å². The Balaban J connectivity index is 0.000000337. The van der Waals surface area contributed by atoms with Crippen molar-refractivity contribution >= 4 is 35.6 Å². The average Bonchev–Trinajstić information content (AvgIpc) is 2.81. The molecule has 12 heteroatoms. The van der Waals surface area contributed by atoms with Crippen LogP contribution in [0.1, 0.15) is 115 Å². The summed E-state index contributed by atoms with van der Waals surface area (Å²) >= 11 is 0. The van der Waals surface area contributed by atoms with Crippen molar-refractivity contribution in [2.24, 2.45) is 0 Å². The zero-order valence-electron chi connectivity index (χ0n) is 29.3. The lowest BCUT2D eigenvalue weighted by Gasteiger charge is -2.34. The van der Waals surface area contributed by atoms with Crippen molar-refractivity contribution < 1.29 is 43.0 Å². The van der Waals surface area contributed by atoms with Crippen LogP contribution in [0.3, 0.4) is 0 Å². The number of hydrogen-bond acceptors (Lipinski definition) is 9. The largest absolute Gasteiger partial charge is 0.444 e. The second-order valence-corrected chi connectivity index (χ2v) is 14.7. The number of rotatable bonds is 1. The van der Waals surface area contributed by atoms with E-state index in [4.69, 9.17) is 14.2 Å². The van der Waals surface area contributed by atoms with Crippen LogP contribution >= 0.6 is 0 Å². The Morgan fingerprint density at radius 2 is 0.800 bits per heavy atom. The molecule has 0 aliphatic carbocycles. The molecule has 12 nitrogen and oxygen atoms in total. The van der Waals surface area contributed by atoms with Crippen molar-refractivity contribution in [3.63, 3.8) is 0 Å². The van der Waals surface area contributed by atoms with E-state index in [9.17, 15) is 28.8 Å². The number of likely N-dealkylation sites (tertiary alicyclic amines) is 3. The lowest BCUT2D eigenvalue weighted by atomic mass is 10.0. The summed E-state index contributed by atoms with van der Waals surface area (Å²) in [7, 11) is 0. The molecule has 0 N–H and O–H groups in total. The molecule has 0 spiro atoms. The number of ether oxygens (including phenoxy) is 3. The van der Waals surface area contributed by atoms with Crippen LogP contribution < -0.4 is 0 Å². The van der Waals surface area contributed by atoms with Gasteiger partial charge in [-0.15, -0.1) is 0 Å². The van der Waals surface area contributed by atoms with E-state index < -0.39 is 16.8 Å². The first-order chi connectivity index (χ1) is 20.4. The quantitative estimate of drug-likeness (QED) is 0.260. The summed E-state index contributed by atoms with van der Waals surface area (Å²) in [5.74, 6) is 0.657. The molecular weight excluding hydrogens is 582 g/mol. The minimum atomic E-state index is -0.724. The summed E-state index contributed by atoms with van der Waals surface area (Å²) < 4.78 is 15.7. The molecule has 0 radical (unpaired) electrons. The van der Waals surface area contributed by atoms with Gasteiger partial charge >= 0.3 is 18.3 Å². The number of hydrogen-bond donors (Lipinski definition) is 0. The van der Waals surface area contributed by atoms with Gasteiger partial charge < -0.3 is 28.9 Å². The minimum Gasteiger partial charge on any atom is -0.444 e. The molecule has 3 fully saturated rings. The predicted octanol–water partition coefficient (Wildman–Crippen LogP) is 5.74. The highest BCUT2D eigenvalue weighted by Gasteiger charge is 2.34. The van der Waals surface area contributed by atoms with Gasteiger partial charge in [0.25, 0.3) is 0 Å². The number of amides is 3. The molecule has 3 aliphatic rings. The molecule has 45 heavy (non-hydrogen) atoms. The van der Waals surface area contributed by atoms with Crippen molar-refractivity contribution in [1.29, 1.82) is 0 Å². The number of carbonyl (C=O) groups excluding carboxylic acids is 6. The standard InChI is InChI=1S/2C11H19NO3.C11H18NO3/c3*1-8-7-9(13)5-6-12(8)10(14)15-11(2,3)4/h2*8H,5-7H2,1-4H3;8H,2,5-7H2,1,3-4H3/q;;+1/t8-;;8-/m1.0/s1. The SMILES string of the molecule is CC1CC(=O)CCN1C(=O)OC(C)(C)C.C[C@@H]1CC(=O)CCN1C(=O)OC(C)(C)C.[CH2+]C(C)(C)OC(=O)N1CCC(=O)C[C@@H]1C. The number of ketones is 3. The van der Waals surface area contributed by atoms with Gasteiger partial charge in [0.15, 0.2) is 0 Å². The molecule has 3 rings (SSSR count). The molecular formula is C33H56N3O9+. The fourth-order valence-electron chi connectivity index (χ4n) is 4.77. The maximum Gasteiger partial charge on any atom is 0.413 e. The normalized spacial score (nSPS) is 22.8. The molecule has 0 bridgehead atoms. The zero-order valence-corrected chi connectivity index (χ0v) is 29.3. The average molecular weight is 639 g/mol. The molecule has 3 amide bonds. The zero-order chi connectivity index (χ0) is 34.9. The molecule has 3 heterocycles. The Kier molecular flexibility index (Phi) is 14.4. The molecule has 0 aromatic carbocycles. The first-order valence-electron chi connectivity index (χ1n) is 15.8. The van der Waals surface area contributed by atoms with Crippen LogP contribution in [0.2, 0.25) is 0 Å². The van der Waals surface area contributed by atoms with E-state index >= 15 is 0 Å². The Morgan fingerprint density at radius 1 is 0.556 bits per heavy atom. The van der Waals surface area contributed by atoms with Crippen LogP contribution in [0.25, 0.3) is 0 Å². The predicted molar refractivity (Wildman–Crippen MR) is 170 cm³/mol. The van der Waals surface area contributed by atoms with Crippen LogP contribution in [0, 0.1) is 6.92 Å². The fraction of sp³-hybridized carbons (Fsp3) is 0.788. The van der Waals surface area contributed by atoms with Gasteiger partial charge in [0.2, 0.25) is 5.60 Å². The highest BCUT2D eigenvalue weighted by Crippen LogP contribution is 2.20. The molecule has 0 saturated carbocycles. The van der Waals surface area contributed by atoms with Gasteiger partial charge in [0.1, 0.15) is 35.5 Å². The number of nitrogens with zero attached hydrogens (tertiary/aromatic N) is 3. The fourth-order valence-corrected chi connectivity index (χ4v) is 4.77. The number of carbonyl (C=O) groups is 6. The third-order valence-electron chi connectivity index (χ3n) is 6.91. The van der Waals surface area contributed by atoms with Crippen LogP contribution in [-0.4, -0.2) is 105 Å².